The summed E-state index contributed by atoms with van der Waals surface area (Å²) >= 11 is 3.49. The van der Waals surface area contributed by atoms with Gasteiger partial charge in [-0.15, -0.1) is 24.0 Å². The lowest BCUT2D eigenvalue weighted by atomic mass is 10.2. The molecule has 7 nitrogen and oxygen atoms in total. The van der Waals surface area contributed by atoms with Crippen LogP contribution in [0.5, 0.6) is 11.5 Å². The van der Waals surface area contributed by atoms with Crippen LogP contribution in [0.25, 0.3) is 0 Å². The number of carbonyl (C=O) groups excluding carboxylic acids is 1. The Labute approximate surface area is 179 Å². The second kappa shape index (κ2) is 10.2. The van der Waals surface area contributed by atoms with Crippen molar-refractivity contribution in [1.29, 1.82) is 0 Å². The number of ether oxygens (including phenoxy) is 2. The largest absolute Gasteiger partial charge is 0.454 e. The maximum atomic E-state index is 12.1. The van der Waals surface area contributed by atoms with Gasteiger partial charge in [-0.1, -0.05) is 0 Å². The van der Waals surface area contributed by atoms with Crippen molar-refractivity contribution in [3.05, 3.63) is 22.2 Å². The molecule has 0 spiro atoms. The molecule has 3 rings (SSSR count). The van der Waals surface area contributed by atoms with E-state index in [9.17, 15) is 4.79 Å². The lowest BCUT2D eigenvalue weighted by Gasteiger charge is -2.17. The minimum absolute atomic E-state index is 0. The van der Waals surface area contributed by atoms with E-state index in [0.29, 0.717) is 12.5 Å². The summed E-state index contributed by atoms with van der Waals surface area (Å²) in [7, 11) is 0. The van der Waals surface area contributed by atoms with Crippen molar-refractivity contribution in [1.82, 2.24) is 15.5 Å². The van der Waals surface area contributed by atoms with Gasteiger partial charge >= 0.3 is 0 Å². The lowest BCUT2D eigenvalue weighted by molar-refractivity contribution is -0.128. The van der Waals surface area contributed by atoms with E-state index in [0.717, 1.165) is 54.0 Å². The number of fused-ring (bicyclic) bond motifs is 1. The lowest BCUT2D eigenvalue weighted by Crippen LogP contribution is -2.44. The molecule has 0 radical (unpaired) electrons. The number of amides is 1. The van der Waals surface area contributed by atoms with Gasteiger partial charge in [0.05, 0.1) is 17.6 Å². The number of guanidine groups is 1. The Hall–Kier alpha value is -1.23. The van der Waals surface area contributed by atoms with Gasteiger partial charge in [-0.3, -0.25) is 4.79 Å². The number of hydrogen-bond donors (Lipinski definition) is 2. The second-order valence-corrected chi connectivity index (χ2v) is 6.80. The fraction of sp³-hybridized carbons (Fsp3) is 0.529. The molecule has 1 amide bonds. The van der Waals surface area contributed by atoms with Crippen LogP contribution in [-0.2, 0) is 11.3 Å². The summed E-state index contributed by atoms with van der Waals surface area (Å²) in [6, 6.07) is 3.89. The van der Waals surface area contributed by atoms with Crippen LogP contribution >= 0.6 is 39.9 Å². The van der Waals surface area contributed by atoms with Gasteiger partial charge < -0.3 is 25.0 Å². The minimum Gasteiger partial charge on any atom is -0.454 e. The third-order valence-electron chi connectivity index (χ3n) is 4.12. The van der Waals surface area contributed by atoms with Crippen LogP contribution in [0.4, 0.5) is 0 Å². The van der Waals surface area contributed by atoms with Gasteiger partial charge in [0.25, 0.3) is 0 Å². The van der Waals surface area contributed by atoms with E-state index in [4.69, 9.17) is 9.47 Å². The molecule has 1 aromatic rings. The number of halogens is 2. The zero-order chi connectivity index (χ0) is 17.6. The predicted octanol–water partition coefficient (Wildman–Crippen LogP) is 2.47. The Morgan fingerprint density at radius 2 is 2.04 bits per heavy atom. The Morgan fingerprint density at radius 3 is 2.77 bits per heavy atom. The molecule has 0 atom stereocenters. The van der Waals surface area contributed by atoms with Crippen LogP contribution in [0.1, 0.15) is 25.3 Å². The first-order chi connectivity index (χ1) is 12.2. The number of carbonyl (C=O) groups is 1. The van der Waals surface area contributed by atoms with Gasteiger partial charge in [0.15, 0.2) is 17.5 Å². The normalized spacial score (nSPS) is 15.6. The molecule has 2 N–H and O–H groups in total. The van der Waals surface area contributed by atoms with Gasteiger partial charge in [0.2, 0.25) is 12.7 Å². The van der Waals surface area contributed by atoms with Crippen LogP contribution in [0.3, 0.4) is 0 Å². The number of rotatable bonds is 5. The Balaban J connectivity index is 0.00000243. The summed E-state index contributed by atoms with van der Waals surface area (Å²) in [6.45, 7) is 5.42. The fourth-order valence-electron chi connectivity index (χ4n) is 2.86. The van der Waals surface area contributed by atoms with Crippen LogP contribution in [-0.4, -0.2) is 49.7 Å². The van der Waals surface area contributed by atoms with Crippen LogP contribution in [0, 0.1) is 0 Å². The topological polar surface area (TPSA) is 75.2 Å². The van der Waals surface area contributed by atoms with E-state index in [2.05, 4.69) is 31.6 Å². The predicted molar refractivity (Wildman–Crippen MR) is 114 cm³/mol. The minimum atomic E-state index is 0. The molecule has 0 aliphatic carbocycles. The van der Waals surface area contributed by atoms with E-state index in [1.165, 1.54) is 0 Å². The van der Waals surface area contributed by atoms with Gasteiger partial charge in [-0.05, 0) is 53.4 Å². The monoisotopic (exact) mass is 538 g/mol. The zero-order valence-corrected chi connectivity index (χ0v) is 18.6. The molecule has 0 unspecified atom stereocenters. The van der Waals surface area contributed by atoms with Crippen LogP contribution in [0.15, 0.2) is 21.6 Å². The molecule has 2 aliphatic rings. The quantitative estimate of drug-likeness (QED) is 0.342. The van der Waals surface area contributed by atoms with Crippen molar-refractivity contribution in [3.8, 4) is 11.5 Å². The molecule has 2 heterocycles. The SMILES string of the molecule is CCNC(=NCc1cc(Br)c2c(c1)OCO2)NCC(=O)N1CCCC1.I. The highest BCUT2D eigenvalue weighted by Gasteiger charge is 2.19. The van der Waals surface area contributed by atoms with Gasteiger partial charge in [0, 0.05) is 19.6 Å². The first kappa shape index (κ1) is 21.1. The van der Waals surface area contributed by atoms with E-state index in [1.807, 2.05) is 24.0 Å². The zero-order valence-electron chi connectivity index (χ0n) is 14.7. The van der Waals surface area contributed by atoms with E-state index in [-0.39, 0.29) is 43.2 Å². The second-order valence-electron chi connectivity index (χ2n) is 5.95. The van der Waals surface area contributed by atoms with Crippen molar-refractivity contribution >= 4 is 51.8 Å². The summed E-state index contributed by atoms with van der Waals surface area (Å²) in [6.07, 6.45) is 2.19. The molecule has 1 aromatic carbocycles. The van der Waals surface area contributed by atoms with E-state index >= 15 is 0 Å². The van der Waals surface area contributed by atoms with Gasteiger partial charge in [-0.25, -0.2) is 4.99 Å². The number of benzene rings is 1. The van der Waals surface area contributed by atoms with Crippen LogP contribution < -0.4 is 20.1 Å². The van der Waals surface area contributed by atoms with Crippen molar-refractivity contribution < 1.29 is 14.3 Å². The van der Waals surface area contributed by atoms with E-state index in [1.54, 1.807) is 0 Å². The Kier molecular flexibility index (Phi) is 8.26. The standard InChI is InChI=1S/C17H23BrN4O3.HI/c1-2-19-17(21-10-15(23)22-5-3-4-6-22)20-9-12-7-13(18)16-14(8-12)24-11-25-16;/h7-8H,2-6,9-11H2,1H3,(H2,19,20,21);1H. The highest BCUT2D eigenvalue weighted by molar-refractivity contribution is 14.0. The van der Waals surface area contributed by atoms with Crippen molar-refractivity contribution in [2.45, 2.75) is 26.3 Å². The average molecular weight is 539 g/mol. The summed E-state index contributed by atoms with van der Waals surface area (Å²) in [5.74, 6) is 2.20. The number of nitrogens with zero attached hydrogens (tertiary/aromatic N) is 2. The maximum Gasteiger partial charge on any atom is 0.241 e. The highest BCUT2D eigenvalue weighted by Crippen LogP contribution is 2.40. The molecule has 9 heteroatoms. The average Bonchev–Trinajstić information content (AvgIpc) is 3.28. The first-order valence-corrected chi connectivity index (χ1v) is 9.34. The summed E-state index contributed by atoms with van der Waals surface area (Å²) < 4.78 is 11.7. The number of likely N-dealkylation sites (tertiary alicyclic amines) is 1. The molecule has 1 saturated heterocycles. The molecule has 26 heavy (non-hydrogen) atoms. The maximum absolute atomic E-state index is 12.1. The molecule has 0 aromatic heterocycles. The number of hydrogen-bond acceptors (Lipinski definition) is 4. The number of aliphatic imine (C=N–C) groups is 1. The highest BCUT2D eigenvalue weighted by atomic mass is 127. The number of nitrogens with one attached hydrogen (secondary N) is 2. The van der Waals surface area contributed by atoms with E-state index < -0.39 is 0 Å². The van der Waals surface area contributed by atoms with Crippen LogP contribution in [0.2, 0.25) is 0 Å². The molecule has 0 bridgehead atoms. The smallest absolute Gasteiger partial charge is 0.241 e. The van der Waals surface area contributed by atoms with Gasteiger partial charge in [-0.2, -0.15) is 0 Å². The molecule has 2 aliphatic heterocycles. The molecule has 144 valence electrons. The molecular formula is C17H24BrIN4O3. The fourth-order valence-corrected chi connectivity index (χ4v) is 3.47. The Morgan fingerprint density at radius 1 is 1.27 bits per heavy atom. The third kappa shape index (κ3) is 5.38. The summed E-state index contributed by atoms with van der Waals surface area (Å²) in [4.78, 5) is 18.6. The molecule has 0 saturated carbocycles. The Bertz CT molecular complexity index is 666. The first-order valence-electron chi connectivity index (χ1n) is 8.55. The summed E-state index contributed by atoms with van der Waals surface area (Å²) in [5.41, 5.74) is 0.999. The van der Waals surface area contributed by atoms with Gasteiger partial charge in [0.1, 0.15) is 0 Å². The van der Waals surface area contributed by atoms with Crippen molar-refractivity contribution in [2.24, 2.45) is 4.99 Å². The van der Waals surface area contributed by atoms with Crippen molar-refractivity contribution in [3.63, 3.8) is 0 Å². The molecular weight excluding hydrogens is 515 g/mol. The molecule has 1 fully saturated rings. The third-order valence-corrected chi connectivity index (χ3v) is 4.71. The van der Waals surface area contributed by atoms with Crippen molar-refractivity contribution in [2.75, 3.05) is 33.0 Å². The summed E-state index contributed by atoms with van der Waals surface area (Å²) in [5, 5.41) is 6.28.